The summed E-state index contributed by atoms with van der Waals surface area (Å²) in [5, 5.41) is 10.6. The van der Waals surface area contributed by atoms with Crippen LogP contribution in [0, 0.1) is 13.8 Å². The van der Waals surface area contributed by atoms with E-state index in [1.54, 1.807) is 33.3 Å². The van der Waals surface area contributed by atoms with Gasteiger partial charge in [-0.25, -0.2) is 0 Å². The highest BCUT2D eigenvalue weighted by atomic mass is 32.1. The zero-order chi connectivity index (χ0) is 24.4. The number of ether oxygens (including phenoxy) is 2. The second-order valence-corrected chi connectivity index (χ2v) is 8.30. The van der Waals surface area contributed by atoms with Gasteiger partial charge in [-0.15, -0.1) is 0 Å². The quantitative estimate of drug-likeness (QED) is 0.495. The number of thiocarbonyl (C=S) groups is 1. The van der Waals surface area contributed by atoms with Crippen LogP contribution < -0.4 is 25.0 Å². The highest BCUT2D eigenvalue weighted by molar-refractivity contribution is 7.80. The predicted molar refractivity (Wildman–Crippen MR) is 134 cm³/mol. The summed E-state index contributed by atoms with van der Waals surface area (Å²) in [6, 6.07) is 14.5. The zero-order valence-electron chi connectivity index (χ0n) is 19.6. The van der Waals surface area contributed by atoms with Crippen LogP contribution in [0.4, 0.5) is 11.5 Å². The largest absolute Gasteiger partial charge is 0.493 e. The molecule has 0 spiro atoms. The van der Waals surface area contributed by atoms with E-state index in [0.29, 0.717) is 45.0 Å². The number of allylic oxidation sites excluding steroid dienone is 1. The van der Waals surface area contributed by atoms with Gasteiger partial charge < -0.3 is 24.6 Å². The Kier molecular flexibility index (Phi) is 6.56. The molecule has 176 valence electrons. The number of nitrogens with one attached hydrogen (secondary N) is 2. The number of carbonyl (C=O) groups is 1. The maximum atomic E-state index is 13.6. The Morgan fingerprint density at radius 1 is 1.12 bits per heavy atom. The lowest BCUT2D eigenvalue weighted by Crippen LogP contribution is -2.48. The Bertz CT molecular complexity index is 1280. The molecule has 0 fully saturated rings. The molecule has 2 N–H and O–H groups in total. The van der Waals surface area contributed by atoms with Gasteiger partial charge in [0, 0.05) is 23.0 Å². The van der Waals surface area contributed by atoms with E-state index in [2.05, 4.69) is 15.8 Å². The van der Waals surface area contributed by atoms with Gasteiger partial charge in [-0.05, 0) is 56.8 Å². The normalized spacial score (nSPS) is 15.7. The van der Waals surface area contributed by atoms with Crippen molar-refractivity contribution in [3.05, 3.63) is 76.7 Å². The zero-order valence-corrected chi connectivity index (χ0v) is 20.4. The van der Waals surface area contributed by atoms with Crippen LogP contribution in [0.5, 0.6) is 11.5 Å². The van der Waals surface area contributed by atoms with Crippen molar-refractivity contribution >= 4 is 34.7 Å². The minimum absolute atomic E-state index is 0.328. The van der Waals surface area contributed by atoms with Gasteiger partial charge >= 0.3 is 0 Å². The van der Waals surface area contributed by atoms with Crippen LogP contribution in [0.3, 0.4) is 0 Å². The number of aromatic nitrogens is 1. The van der Waals surface area contributed by atoms with Gasteiger partial charge in [0.2, 0.25) is 0 Å². The molecular formula is C25H26N4O4S. The van der Waals surface area contributed by atoms with Gasteiger partial charge in [-0.3, -0.25) is 9.69 Å². The van der Waals surface area contributed by atoms with Crippen molar-refractivity contribution < 1.29 is 18.8 Å². The molecule has 0 saturated heterocycles. The molecule has 2 heterocycles. The van der Waals surface area contributed by atoms with Gasteiger partial charge in [0.1, 0.15) is 5.76 Å². The van der Waals surface area contributed by atoms with Crippen LogP contribution in [0.1, 0.15) is 29.9 Å². The van der Waals surface area contributed by atoms with Crippen LogP contribution >= 0.6 is 12.2 Å². The molecule has 1 aromatic heterocycles. The number of carbonyl (C=O) groups excluding carboxylic acids is 1. The SMILES string of the molecule is COc1cccc(C2NC(=S)N(c3cccc(C)c3)C(C)=C2C(=O)Nc2cc(C)on2)c1OC. The lowest BCUT2D eigenvalue weighted by molar-refractivity contribution is -0.113. The van der Waals surface area contributed by atoms with Crippen LogP contribution in [0.15, 0.2) is 64.3 Å². The number of para-hydroxylation sites is 1. The van der Waals surface area contributed by atoms with Crippen LogP contribution in [0.25, 0.3) is 0 Å². The van der Waals surface area contributed by atoms with E-state index in [1.165, 1.54) is 0 Å². The molecule has 0 radical (unpaired) electrons. The molecule has 1 unspecified atom stereocenters. The number of aryl methyl sites for hydroxylation is 2. The number of rotatable bonds is 6. The first-order valence-electron chi connectivity index (χ1n) is 10.7. The molecule has 0 bridgehead atoms. The second kappa shape index (κ2) is 9.56. The van der Waals surface area contributed by atoms with E-state index >= 15 is 0 Å². The molecule has 1 atom stereocenters. The first-order chi connectivity index (χ1) is 16.3. The Hall–Kier alpha value is -3.85. The molecule has 8 nitrogen and oxygen atoms in total. The average molecular weight is 479 g/mol. The number of anilines is 2. The monoisotopic (exact) mass is 478 g/mol. The van der Waals surface area contributed by atoms with E-state index in [1.807, 2.05) is 55.1 Å². The van der Waals surface area contributed by atoms with Crippen molar-refractivity contribution in [1.82, 2.24) is 10.5 Å². The second-order valence-electron chi connectivity index (χ2n) is 7.92. The number of methoxy groups -OCH3 is 2. The number of hydrogen-bond acceptors (Lipinski definition) is 6. The third-order valence-corrected chi connectivity index (χ3v) is 5.90. The van der Waals surface area contributed by atoms with Crippen LogP contribution in [-0.4, -0.2) is 30.4 Å². The van der Waals surface area contributed by atoms with Crippen molar-refractivity contribution in [3.8, 4) is 11.5 Å². The minimum atomic E-state index is -0.591. The summed E-state index contributed by atoms with van der Waals surface area (Å²) >= 11 is 5.77. The molecule has 0 aliphatic carbocycles. The Labute approximate surface area is 203 Å². The summed E-state index contributed by atoms with van der Waals surface area (Å²) in [6.45, 7) is 5.64. The maximum Gasteiger partial charge on any atom is 0.257 e. The van der Waals surface area contributed by atoms with E-state index in [4.69, 9.17) is 26.2 Å². The molecule has 0 saturated carbocycles. The number of nitrogens with zero attached hydrogens (tertiary/aromatic N) is 2. The van der Waals surface area contributed by atoms with Gasteiger partial charge in [0.15, 0.2) is 22.4 Å². The summed E-state index contributed by atoms with van der Waals surface area (Å²) in [5.74, 6) is 1.65. The summed E-state index contributed by atoms with van der Waals surface area (Å²) < 4.78 is 16.3. The van der Waals surface area contributed by atoms with E-state index in [0.717, 1.165) is 11.3 Å². The Balaban J connectivity index is 1.87. The topological polar surface area (TPSA) is 88.9 Å². The molecule has 1 aliphatic heterocycles. The van der Waals surface area contributed by atoms with Crippen molar-refractivity contribution in [2.45, 2.75) is 26.8 Å². The molecule has 3 aromatic rings. The van der Waals surface area contributed by atoms with Crippen LogP contribution in [0.2, 0.25) is 0 Å². The highest BCUT2D eigenvalue weighted by Crippen LogP contribution is 2.41. The Morgan fingerprint density at radius 2 is 1.88 bits per heavy atom. The van der Waals surface area contributed by atoms with Gasteiger partial charge in [0.05, 0.1) is 25.8 Å². The third-order valence-electron chi connectivity index (χ3n) is 5.60. The number of benzene rings is 2. The van der Waals surface area contributed by atoms with Gasteiger partial charge in [0.25, 0.3) is 5.91 Å². The van der Waals surface area contributed by atoms with E-state index in [9.17, 15) is 4.79 Å². The highest BCUT2D eigenvalue weighted by Gasteiger charge is 2.37. The molecule has 1 aliphatic rings. The molecule has 34 heavy (non-hydrogen) atoms. The smallest absolute Gasteiger partial charge is 0.257 e. The average Bonchev–Trinajstić information content (AvgIpc) is 3.22. The number of hydrogen-bond donors (Lipinski definition) is 2. The van der Waals surface area contributed by atoms with Crippen molar-refractivity contribution in [2.24, 2.45) is 0 Å². The summed E-state index contributed by atoms with van der Waals surface area (Å²) in [7, 11) is 3.14. The number of amides is 1. The molecule has 1 amide bonds. The van der Waals surface area contributed by atoms with E-state index < -0.39 is 6.04 Å². The summed E-state index contributed by atoms with van der Waals surface area (Å²) in [4.78, 5) is 15.5. The lowest BCUT2D eigenvalue weighted by Gasteiger charge is -2.38. The van der Waals surface area contributed by atoms with Crippen molar-refractivity contribution in [2.75, 3.05) is 24.4 Å². The summed E-state index contributed by atoms with van der Waals surface area (Å²) in [5.41, 5.74) is 3.79. The fourth-order valence-corrected chi connectivity index (χ4v) is 4.46. The molecule has 2 aromatic carbocycles. The Morgan fingerprint density at radius 3 is 2.53 bits per heavy atom. The van der Waals surface area contributed by atoms with Gasteiger partial charge in [-0.1, -0.05) is 29.4 Å². The first kappa shape index (κ1) is 23.3. The fraction of sp³-hybridized carbons (Fsp3) is 0.240. The van der Waals surface area contributed by atoms with E-state index in [-0.39, 0.29) is 5.91 Å². The third kappa shape index (κ3) is 4.34. The summed E-state index contributed by atoms with van der Waals surface area (Å²) in [6.07, 6.45) is 0. The molecule has 4 rings (SSSR count). The van der Waals surface area contributed by atoms with Gasteiger partial charge in [-0.2, -0.15) is 0 Å². The fourth-order valence-electron chi connectivity index (χ4n) is 4.10. The predicted octanol–water partition coefficient (Wildman–Crippen LogP) is 4.66. The first-order valence-corrected chi connectivity index (χ1v) is 11.1. The lowest BCUT2D eigenvalue weighted by atomic mass is 9.93. The van der Waals surface area contributed by atoms with Crippen molar-refractivity contribution in [3.63, 3.8) is 0 Å². The van der Waals surface area contributed by atoms with Crippen LogP contribution in [-0.2, 0) is 4.79 Å². The maximum absolute atomic E-state index is 13.6. The van der Waals surface area contributed by atoms with Crippen molar-refractivity contribution in [1.29, 1.82) is 0 Å². The minimum Gasteiger partial charge on any atom is -0.493 e. The molecular weight excluding hydrogens is 452 g/mol. The standard InChI is InChI=1S/C25H26N4O4S/c1-14-8-6-9-17(12-14)29-16(3)21(24(30)26-20-13-15(2)33-28-20)22(27-25(29)34)18-10-7-11-19(31-4)23(18)32-5/h6-13,22H,1-5H3,(H,27,34)(H,26,28,30). The molecule has 9 heteroatoms.